The number of amides is 2. The zero-order valence-electron chi connectivity index (χ0n) is 16.7. The van der Waals surface area contributed by atoms with E-state index in [1.807, 2.05) is 62.0 Å². The first-order valence-electron chi connectivity index (χ1n) is 9.65. The molecule has 0 saturated carbocycles. The number of benzene rings is 1. The van der Waals surface area contributed by atoms with Gasteiger partial charge in [-0.2, -0.15) is 5.10 Å². The summed E-state index contributed by atoms with van der Waals surface area (Å²) in [6.45, 7) is 7.08. The van der Waals surface area contributed by atoms with Crippen LogP contribution in [-0.4, -0.2) is 44.9 Å². The number of ether oxygens (including phenoxy) is 1. The van der Waals surface area contributed by atoms with E-state index in [-0.39, 0.29) is 5.91 Å². The van der Waals surface area contributed by atoms with Crippen LogP contribution >= 0.6 is 0 Å². The molecule has 1 unspecified atom stereocenters. The van der Waals surface area contributed by atoms with Crippen LogP contribution in [-0.2, 0) is 22.6 Å². The number of likely N-dealkylation sites (tertiary alicyclic amines) is 1. The molecule has 28 heavy (non-hydrogen) atoms. The third-order valence-electron chi connectivity index (χ3n) is 4.65. The summed E-state index contributed by atoms with van der Waals surface area (Å²) in [6, 6.07) is 9.37. The Bertz CT molecular complexity index is 811. The van der Waals surface area contributed by atoms with Crippen molar-refractivity contribution in [1.29, 1.82) is 0 Å². The summed E-state index contributed by atoms with van der Waals surface area (Å²) < 4.78 is 7.29. The van der Waals surface area contributed by atoms with Gasteiger partial charge in [0.05, 0.1) is 6.54 Å². The number of carbonyl (C=O) groups excluding carboxylic acids is 2. The molecule has 1 aliphatic rings. The second-order valence-electron chi connectivity index (χ2n) is 8.02. The maximum absolute atomic E-state index is 12.7. The Kier molecular flexibility index (Phi) is 6.02. The summed E-state index contributed by atoms with van der Waals surface area (Å²) in [6.07, 6.45) is 4.68. The molecule has 1 aliphatic heterocycles. The highest BCUT2D eigenvalue weighted by Crippen LogP contribution is 2.21. The fraction of sp³-hybridized carbons (Fsp3) is 0.476. The molecule has 1 fully saturated rings. The van der Waals surface area contributed by atoms with E-state index < -0.39 is 17.7 Å². The molecule has 1 saturated heterocycles. The molecule has 0 aliphatic carbocycles. The molecular weight excluding hydrogens is 356 g/mol. The van der Waals surface area contributed by atoms with E-state index >= 15 is 0 Å². The highest BCUT2D eigenvalue weighted by Gasteiger charge is 2.36. The topological polar surface area (TPSA) is 76.5 Å². The van der Waals surface area contributed by atoms with Crippen LogP contribution in [0.3, 0.4) is 0 Å². The van der Waals surface area contributed by atoms with Gasteiger partial charge >= 0.3 is 6.09 Å². The van der Waals surface area contributed by atoms with Crippen molar-refractivity contribution in [2.75, 3.05) is 6.54 Å². The van der Waals surface area contributed by atoms with E-state index in [4.69, 9.17) is 4.74 Å². The minimum atomic E-state index is -0.577. The van der Waals surface area contributed by atoms with E-state index in [2.05, 4.69) is 10.4 Å². The lowest BCUT2D eigenvalue weighted by molar-refractivity contribution is -0.125. The lowest BCUT2D eigenvalue weighted by Gasteiger charge is -2.28. The zero-order chi connectivity index (χ0) is 20.1. The van der Waals surface area contributed by atoms with Crippen LogP contribution in [0.15, 0.2) is 42.7 Å². The number of nitrogens with zero attached hydrogens (tertiary/aromatic N) is 3. The third kappa shape index (κ3) is 5.12. The van der Waals surface area contributed by atoms with Gasteiger partial charge in [0.25, 0.3) is 0 Å². The van der Waals surface area contributed by atoms with Crippen molar-refractivity contribution in [3.8, 4) is 0 Å². The minimum absolute atomic E-state index is 0.141. The van der Waals surface area contributed by atoms with Gasteiger partial charge in [0.15, 0.2) is 0 Å². The Hall–Kier alpha value is -2.83. The van der Waals surface area contributed by atoms with Crippen molar-refractivity contribution in [2.45, 2.75) is 58.3 Å². The van der Waals surface area contributed by atoms with Gasteiger partial charge in [-0.3, -0.25) is 14.4 Å². The quantitative estimate of drug-likeness (QED) is 0.860. The Balaban J connectivity index is 1.61. The van der Waals surface area contributed by atoms with Crippen molar-refractivity contribution in [1.82, 2.24) is 20.0 Å². The second kappa shape index (κ2) is 8.46. The first-order valence-corrected chi connectivity index (χ1v) is 9.65. The predicted molar refractivity (Wildman–Crippen MR) is 106 cm³/mol. The zero-order valence-corrected chi connectivity index (χ0v) is 16.7. The van der Waals surface area contributed by atoms with E-state index in [9.17, 15) is 9.59 Å². The maximum atomic E-state index is 12.7. The molecule has 1 atom stereocenters. The number of hydrogen-bond donors (Lipinski definition) is 1. The van der Waals surface area contributed by atoms with Gasteiger partial charge in [0.1, 0.15) is 11.6 Å². The minimum Gasteiger partial charge on any atom is -0.444 e. The highest BCUT2D eigenvalue weighted by molar-refractivity contribution is 5.86. The van der Waals surface area contributed by atoms with Gasteiger partial charge in [-0.05, 0) is 50.8 Å². The Morgan fingerprint density at radius 1 is 1.21 bits per heavy atom. The number of rotatable bonds is 5. The van der Waals surface area contributed by atoms with Gasteiger partial charge < -0.3 is 10.1 Å². The van der Waals surface area contributed by atoms with E-state index in [1.165, 1.54) is 4.90 Å². The number of hydrogen-bond acceptors (Lipinski definition) is 4. The molecule has 7 heteroatoms. The monoisotopic (exact) mass is 384 g/mol. The van der Waals surface area contributed by atoms with Gasteiger partial charge in [-0.15, -0.1) is 0 Å². The SMILES string of the molecule is CC(C)(C)OC(=O)N1CCCC1C(=O)NCc1ccccc1Cn1cccn1. The van der Waals surface area contributed by atoms with E-state index in [1.54, 1.807) is 6.20 Å². The van der Waals surface area contributed by atoms with Crippen molar-refractivity contribution < 1.29 is 14.3 Å². The molecule has 0 radical (unpaired) electrons. The average molecular weight is 384 g/mol. The molecule has 1 N–H and O–H groups in total. The molecule has 7 nitrogen and oxygen atoms in total. The molecule has 2 heterocycles. The Morgan fingerprint density at radius 3 is 2.64 bits per heavy atom. The Morgan fingerprint density at radius 2 is 1.96 bits per heavy atom. The first kappa shape index (κ1) is 19.9. The van der Waals surface area contributed by atoms with E-state index in [0.29, 0.717) is 26.1 Å². The second-order valence-corrected chi connectivity index (χ2v) is 8.02. The standard InChI is InChI=1S/C21H28N4O3/c1-21(2,3)28-20(27)25-13-6-10-18(25)19(26)22-14-16-8-4-5-9-17(16)15-24-12-7-11-23-24/h4-5,7-9,11-12,18H,6,10,13-15H2,1-3H3,(H,22,26). The molecule has 2 aromatic rings. The summed E-state index contributed by atoms with van der Waals surface area (Å²) in [5.41, 5.74) is 1.56. The summed E-state index contributed by atoms with van der Waals surface area (Å²) in [4.78, 5) is 26.7. The molecule has 3 rings (SSSR count). The molecule has 0 spiro atoms. The number of nitrogens with one attached hydrogen (secondary N) is 1. The predicted octanol–water partition coefficient (Wildman–Crippen LogP) is 2.95. The van der Waals surface area contributed by atoms with Gasteiger partial charge in [-0.1, -0.05) is 24.3 Å². The third-order valence-corrected chi connectivity index (χ3v) is 4.65. The van der Waals surface area contributed by atoms with Crippen molar-refractivity contribution in [2.24, 2.45) is 0 Å². The fourth-order valence-corrected chi connectivity index (χ4v) is 3.33. The maximum Gasteiger partial charge on any atom is 0.410 e. The van der Waals surface area contributed by atoms with Crippen LogP contribution < -0.4 is 5.32 Å². The lowest BCUT2D eigenvalue weighted by atomic mass is 10.1. The van der Waals surface area contributed by atoms with Gasteiger partial charge in [0, 0.05) is 25.5 Å². The van der Waals surface area contributed by atoms with Gasteiger partial charge in [-0.25, -0.2) is 4.79 Å². The van der Waals surface area contributed by atoms with Crippen LogP contribution in [0, 0.1) is 0 Å². The molecule has 1 aromatic heterocycles. The van der Waals surface area contributed by atoms with Crippen LogP contribution in [0.1, 0.15) is 44.7 Å². The van der Waals surface area contributed by atoms with Crippen molar-refractivity contribution in [3.63, 3.8) is 0 Å². The van der Waals surface area contributed by atoms with Crippen LogP contribution in [0.2, 0.25) is 0 Å². The van der Waals surface area contributed by atoms with Crippen LogP contribution in [0.4, 0.5) is 4.79 Å². The fourth-order valence-electron chi connectivity index (χ4n) is 3.33. The van der Waals surface area contributed by atoms with Crippen molar-refractivity contribution in [3.05, 3.63) is 53.9 Å². The van der Waals surface area contributed by atoms with E-state index in [0.717, 1.165) is 17.5 Å². The number of aromatic nitrogens is 2. The average Bonchev–Trinajstić information content (AvgIpc) is 3.31. The largest absolute Gasteiger partial charge is 0.444 e. The normalized spacial score (nSPS) is 16.8. The molecule has 0 bridgehead atoms. The number of carbonyl (C=O) groups is 2. The summed E-state index contributed by atoms with van der Waals surface area (Å²) in [5.74, 6) is -0.141. The van der Waals surface area contributed by atoms with Crippen LogP contribution in [0.5, 0.6) is 0 Å². The molecule has 150 valence electrons. The van der Waals surface area contributed by atoms with Crippen molar-refractivity contribution >= 4 is 12.0 Å². The molecule has 1 aromatic carbocycles. The Labute approximate surface area is 165 Å². The van der Waals surface area contributed by atoms with Gasteiger partial charge in [0.2, 0.25) is 5.91 Å². The molecular formula is C21H28N4O3. The molecule has 2 amide bonds. The smallest absolute Gasteiger partial charge is 0.410 e. The first-order chi connectivity index (χ1) is 13.3. The van der Waals surface area contributed by atoms with Crippen LogP contribution in [0.25, 0.3) is 0 Å². The summed E-state index contributed by atoms with van der Waals surface area (Å²) >= 11 is 0. The summed E-state index contributed by atoms with van der Waals surface area (Å²) in [5, 5.41) is 7.23. The highest BCUT2D eigenvalue weighted by atomic mass is 16.6. The summed E-state index contributed by atoms with van der Waals surface area (Å²) in [7, 11) is 0. The lowest BCUT2D eigenvalue weighted by Crippen LogP contribution is -2.47.